The zero-order chi connectivity index (χ0) is 18.1. The molecule has 0 radical (unpaired) electrons. The van der Waals surface area contributed by atoms with E-state index in [4.69, 9.17) is 0 Å². The van der Waals surface area contributed by atoms with Crippen molar-refractivity contribution in [3.8, 4) is 0 Å². The highest BCUT2D eigenvalue weighted by atomic mass is 16.3. The third-order valence-electron chi connectivity index (χ3n) is 6.48. The van der Waals surface area contributed by atoms with Crippen LogP contribution >= 0.6 is 0 Å². The van der Waals surface area contributed by atoms with Crippen LogP contribution in [0.15, 0.2) is 24.3 Å². The minimum Gasteiger partial charge on any atom is -0.392 e. The van der Waals surface area contributed by atoms with Crippen molar-refractivity contribution >= 4 is 5.91 Å². The first-order valence-electron chi connectivity index (χ1n) is 10.1. The fourth-order valence-corrected chi connectivity index (χ4v) is 4.90. The maximum absolute atomic E-state index is 13.0. The summed E-state index contributed by atoms with van der Waals surface area (Å²) in [5.41, 5.74) is 2.98. The van der Waals surface area contributed by atoms with Gasteiger partial charge in [0, 0.05) is 45.3 Å². The van der Waals surface area contributed by atoms with Crippen molar-refractivity contribution in [3.63, 3.8) is 0 Å². The first-order chi connectivity index (χ1) is 12.6. The van der Waals surface area contributed by atoms with Gasteiger partial charge in [0.2, 0.25) is 5.91 Å². The molecule has 2 saturated heterocycles. The van der Waals surface area contributed by atoms with E-state index in [2.05, 4.69) is 34.1 Å². The van der Waals surface area contributed by atoms with Crippen molar-refractivity contribution in [1.82, 2.24) is 14.7 Å². The third kappa shape index (κ3) is 3.66. The Bertz CT molecular complexity index is 625. The third-order valence-corrected chi connectivity index (χ3v) is 6.48. The van der Waals surface area contributed by atoms with Crippen molar-refractivity contribution in [2.75, 3.05) is 46.3 Å². The number of likely N-dealkylation sites (tertiary alicyclic amines) is 1. The molecule has 2 fully saturated rings. The second-order valence-corrected chi connectivity index (χ2v) is 8.27. The molecule has 1 aliphatic carbocycles. The van der Waals surface area contributed by atoms with Gasteiger partial charge in [-0.2, -0.15) is 0 Å². The van der Waals surface area contributed by atoms with Gasteiger partial charge in [-0.05, 0) is 43.9 Å². The summed E-state index contributed by atoms with van der Waals surface area (Å²) >= 11 is 0. The number of rotatable bonds is 2. The highest BCUT2D eigenvalue weighted by Gasteiger charge is 2.36. The summed E-state index contributed by atoms with van der Waals surface area (Å²) in [4.78, 5) is 19.7. The van der Waals surface area contributed by atoms with E-state index in [1.165, 1.54) is 11.1 Å². The molecule has 3 aliphatic rings. The molecule has 142 valence electrons. The molecule has 5 heteroatoms. The number of aliphatic hydroxyl groups is 1. The maximum atomic E-state index is 13.0. The van der Waals surface area contributed by atoms with Gasteiger partial charge in [0.1, 0.15) is 0 Å². The van der Waals surface area contributed by atoms with Crippen LogP contribution in [0.1, 0.15) is 24.0 Å². The quantitative estimate of drug-likeness (QED) is 0.858. The van der Waals surface area contributed by atoms with Crippen LogP contribution in [0.5, 0.6) is 0 Å². The van der Waals surface area contributed by atoms with Crippen molar-refractivity contribution in [3.05, 3.63) is 35.4 Å². The van der Waals surface area contributed by atoms with E-state index in [-0.39, 0.29) is 11.8 Å². The smallest absolute Gasteiger partial charge is 0.229 e. The van der Waals surface area contributed by atoms with E-state index >= 15 is 0 Å². The molecule has 1 amide bonds. The van der Waals surface area contributed by atoms with E-state index in [0.29, 0.717) is 19.0 Å². The molecule has 2 heterocycles. The number of amides is 1. The average Bonchev–Trinajstić information content (AvgIpc) is 2.92. The van der Waals surface area contributed by atoms with Crippen LogP contribution in [0.4, 0.5) is 0 Å². The van der Waals surface area contributed by atoms with Crippen molar-refractivity contribution in [2.45, 2.75) is 37.8 Å². The number of carbonyl (C=O) groups is 1. The van der Waals surface area contributed by atoms with Crippen LogP contribution < -0.4 is 0 Å². The van der Waals surface area contributed by atoms with Gasteiger partial charge in [-0.3, -0.25) is 9.69 Å². The highest BCUT2D eigenvalue weighted by molar-refractivity contribution is 5.80. The van der Waals surface area contributed by atoms with Crippen molar-refractivity contribution in [1.29, 1.82) is 0 Å². The zero-order valence-corrected chi connectivity index (χ0v) is 15.8. The Morgan fingerprint density at radius 1 is 1.04 bits per heavy atom. The summed E-state index contributed by atoms with van der Waals surface area (Å²) in [6.45, 7) is 5.18. The Morgan fingerprint density at radius 3 is 2.50 bits per heavy atom. The lowest BCUT2D eigenvalue weighted by molar-refractivity contribution is -0.142. The molecular weight excluding hydrogens is 326 g/mol. The monoisotopic (exact) mass is 357 g/mol. The Hall–Kier alpha value is -1.43. The van der Waals surface area contributed by atoms with Gasteiger partial charge in [-0.1, -0.05) is 24.3 Å². The molecule has 0 bridgehead atoms. The molecule has 0 spiro atoms. The Labute approximate surface area is 156 Å². The number of fused-ring (bicyclic) bond motifs is 1. The molecule has 4 rings (SSSR count). The largest absolute Gasteiger partial charge is 0.392 e. The molecule has 0 unspecified atom stereocenters. The number of carbonyl (C=O) groups excluding carboxylic acids is 1. The molecule has 26 heavy (non-hydrogen) atoms. The minimum atomic E-state index is -0.484. The van der Waals surface area contributed by atoms with Gasteiger partial charge in [0.05, 0.1) is 12.0 Å². The first-order valence-corrected chi connectivity index (χ1v) is 10.1. The minimum absolute atomic E-state index is 0.153. The van der Waals surface area contributed by atoms with Crippen LogP contribution in [-0.2, 0) is 17.6 Å². The van der Waals surface area contributed by atoms with Crippen molar-refractivity contribution in [2.24, 2.45) is 5.92 Å². The van der Waals surface area contributed by atoms with Gasteiger partial charge < -0.3 is 14.9 Å². The molecule has 2 aliphatic heterocycles. The Balaban J connectivity index is 1.36. The molecule has 0 aromatic heterocycles. The van der Waals surface area contributed by atoms with Gasteiger partial charge in [0.25, 0.3) is 0 Å². The number of aliphatic hydroxyl groups excluding tert-OH is 1. The summed E-state index contributed by atoms with van der Waals surface area (Å²) in [6, 6.07) is 9.36. The lowest BCUT2D eigenvalue weighted by atomic mass is 9.93. The first kappa shape index (κ1) is 18.0. The van der Waals surface area contributed by atoms with Gasteiger partial charge >= 0.3 is 0 Å². The van der Waals surface area contributed by atoms with E-state index in [9.17, 15) is 9.90 Å². The predicted octanol–water partition coefficient (Wildman–Crippen LogP) is 1.00. The topological polar surface area (TPSA) is 47.0 Å². The average molecular weight is 357 g/mol. The van der Waals surface area contributed by atoms with Crippen LogP contribution in [-0.4, -0.2) is 84.2 Å². The molecule has 1 aromatic carbocycles. The number of hydrogen-bond acceptors (Lipinski definition) is 4. The number of piperidine rings is 1. The Kier molecular flexibility index (Phi) is 5.30. The molecule has 2 atom stereocenters. The van der Waals surface area contributed by atoms with Gasteiger partial charge in [0.15, 0.2) is 0 Å². The van der Waals surface area contributed by atoms with E-state index < -0.39 is 6.10 Å². The molecule has 5 nitrogen and oxygen atoms in total. The number of nitrogens with zero attached hydrogens (tertiary/aromatic N) is 3. The summed E-state index contributed by atoms with van der Waals surface area (Å²) < 4.78 is 0. The number of benzene rings is 1. The van der Waals surface area contributed by atoms with E-state index in [1.807, 2.05) is 11.9 Å². The van der Waals surface area contributed by atoms with E-state index in [1.54, 1.807) is 0 Å². The summed E-state index contributed by atoms with van der Waals surface area (Å²) in [5.74, 6) is -0.100. The highest BCUT2D eigenvalue weighted by Crippen LogP contribution is 2.26. The summed E-state index contributed by atoms with van der Waals surface area (Å²) in [6.07, 6.45) is 3.51. The second-order valence-electron chi connectivity index (χ2n) is 8.27. The van der Waals surface area contributed by atoms with Gasteiger partial charge in [-0.15, -0.1) is 0 Å². The van der Waals surface area contributed by atoms with Crippen molar-refractivity contribution < 1.29 is 9.90 Å². The normalized spacial score (nSPS) is 28.8. The zero-order valence-electron chi connectivity index (χ0n) is 15.8. The molecule has 1 aromatic rings. The van der Waals surface area contributed by atoms with Crippen LogP contribution in [0.3, 0.4) is 0 Å². The summed E-state index contributed by atoms with van der Waals surface area (Å²) in [5, 5.41) is 10.3. The van der Waals surface area contributed by atoms with Gasteiger partial charge in [-0.25, -0.2) is 0 Å². The molecular formula is C21H31N3O2. The lowest BCUT2D eigenvalue weighted by Gasteiger charge is -2.36. The van der Waals surface area contributed by atoms with Crippen LogP contribution in [0.25, 0.3) is 0 Å². The SMILES string of the molecule is CN1CC[C@@H](O)[C@H](C(=O)N2CCCN(C3Cc4ccccc4C3)CC2)C1. The van der Waals surface area contributed by atoms with Crippen LogP contribution in [0, 0.1) is 5.92 Å². The van der Waals surface area contributed by atoms with E-state index in [0.717, 1.165) is 52.0 Å². The maximum Gasteiger partial charge on any atom is 0.229 e. The fourth-order valence-electron chi connectivity index (χ4n) is 4.90. The molecule has 0 saturated carbocycles. The van der Waals surface area contributed by atoms with Crippen LogP contribution in [0.2, 0.25) is 0 Å². The second kappa shape index (κ2) is 7.67. The Morgan fingerprint density at radius 2 is 1.77 bits per heavy atom. The standard InChI is InChI=1S/C21H31N3O2/c1-22-10-7-20(25)19(15-22)21(26)24-9-4-8-23(11-12-24)18-13-16-5-2-3-6-17(16)14-18/h2-3,5-6,18-20,25H,4,7-15H2,1H3/t19-,20-/m1/s1. The predicted molar refractivity (Wildman–Crippen MR) is 102 cm³/mol. The number of hydrogen-bond donors (Lipinski definition) is 1. The summed E-state index contributed by atoms with van der Waals surface area (Å²) in [7, 11) is 2.04. The molecule has 1 N–H and O–H groups in total. The lowest BCUT2D eigenvalue weighted by Crippen LogP contribution is -2.50. The fraction of sp³-hybridized carbons (Fsp3) is 0.667.